The van der Waals surface area contributed by atoms with Crippen molar-refractivity contribution in [3.8, 4) is 0 Å². The lowest BCUT2D eigenvalue weighted by atomic mass is 10.1. The predicted molar refractivity (Wildman–Crippen MR) is 60.9 cm³/mol. The Morgan fingerprint density at radius 3 is 2.94 bits per heavy atom. The largest absolute Gasteiger partial charge is 0.318 e. The summed E-state index contributed by atoms with van der Waals surface area (Å²) < 4.78 is 25.9. The number of hydrogen-bond donors (Lipinski definition) is 0. The Labute approximate surface area is 95.7 Å². The number of thioether (sulfide) groups is 1. The van der Waals surface area contributed by atoms with Gasteiger partial charge in [0.2, 0.25) is 0 Å². The molecule has 0 bridgehead atoms. The molecule has 0 amide bonds. The van der Waals surface area contributed by atoms with Crippen LogP contribution in [0.4, 0.5) is 8.78 Å². The number of amidine groups is 1. The fraction of sp³-hybridized carbons (Fsp3) is 0.182. The van der Waals surface area contributed by atoms with Crippen molar-refractivity contribution in [1.82, 2.24) is 4.90 Å². The average molecular weight is 238 g/mol. The monoisotopic (exact) mass is 238 g/mol. The van der Waals surface area contributed by atoms with E-state index in [0.717, 1.165) is 30.0 Å². The zero-order chi connectivity index (χ0) is 11.1. The van der Waals surface area contributed by atoms with E-state index in [9.17, 15) is 8.78 Å². The van der Waals surface area contributed by atoms with Crippen molar-refractivity contribution < 1.29 is 8.78 Å². The van der Waals surface area contributed by atoms with Crippen molar-refractivity contribution in [3.63, 3.8) is 0 Å². The molecule has 0 N–H and O–H groups in total. The van der Waals surface area contributed by atoms with Gasteiger partial charge in [-0.1, -0.05) is 11.8 Å². The second kappa shape index (κ2) is 3.59. The third kappa shape index (κ3) is 1.43. The van der Waals surface area contributed by atoms with E-state index in [4.69, 9.17) is 0 Å². The molecule has 2 aliphatic rings. The van der Waals surface area contributed by atoms with Crippen molar-refractivity contribution >= 4 is 22.6 Å². The van der Waals surface area contributed by atoms with Crippen LogP contribution < -0.4 is 0 Å². The van der Waals surface area contributed by atoms with Gasteiger partial charge in [-0.2, -0.15) is 0 Å². The van der Waals surface area contributed by atoms with Crippen molar-refractivity contribution in [2.75, 3.05) is 13.1 Å². The van der Waals surface area contributed by atoms with Crippen molar-refractivity contribution in [2.24, 2.45) is 4.99 Å². The van der Waals surface area contributed by atoms with Gasteiger partial charge in [0.05, 0.1) is 12.2 Å². The Kier molecular flexibility index (Phi) is 2.21. The van der Waals surface area contributed by atoms with Gasteiger partial charge >= 0.3 is 0 Å². The molecule has 0 aromatic heterocycles. The van der Waals surface area contributed by atoms with Crippen LogP contribution in [-0.4, -0.2) is 23.2 Å². The summed E-state index contributed by atoms with van der Waals surface area (Å²) in [7, 11) is 0. The number of hydrogen-bond acceptors (Lipinski definition) is 3. The van der Waals surface area contributed by atoms with Gasteiger partial charge in [-0.15, -0.1) is 0 Å². The molecule has 0 saturated carbocycles. The zero-order valence-electron chi connectivity index (χ0n) is 8.28. The topological polar surface area (TPSA) is 15.6 Å². The van der Waals surface area contributed by atoms with E-state index in [1.807, 2.05) is 10.3 Å². The fourth-order valence-corrected chi connectivity index (χ4v) is 2.77. The van der Waals surface area contributed by atoms with E-state index in [-0.39, 0.29) is 0 Å². The SMILES string of the molecule is Fc1ccc(C2=CSC3=NCCN23)cc1F. The molecule has 5 heteroatoms. The molecular weight excluding hydrogens is 230 g/mol. The van der Waals surface area contributed by atoms with Gasteiger partial charge in [0.25, 0.3) is 0 Å². The van der Waals surface area contributed by atoms with Crippen LogP contribution >= 0.6 is 11.8 Å². The van der Waals surface area contributed by atoms with E-state index in [1.165, 1.54) is 17.8 Å². The lowest BCUT2D eigenvalue weighted by molar-refractivity contribution is 0.507. The molecule has 0 radical (unpaired) electrons. The van der Waals surface area contributed by atoms with Crippen molar-refractivity contribution in [1.29, 1.82) is 0 Å². The Hall–Kier alpha value is -1.36. The summed E-state index contributed by atoms with van der Waals surface area (Å²) in [6.45, 7) is 1.58. The molecular formula is C11H8F2N2S. The normalized spacial score (nSPS) is 18.5. The minimum Gasteiger partial charge on any atom is -0.318 e. The summed E-state index contributed by atoms with van der Waals surface area (Å²) >= 11 is 1.52. The summed E-state index contributed by atoms with van der Waals surface area (Å²) in [4.78, 5) is 6.32. The summed E-state index contributed by atoms with van der Waals surface area (Å²) in [5, 5.41) is 2.87. The minimum absolute atomic E-state index is 0.693. The first-order valence-electron chi connectivity index (χ1n) is 4.90. The molecule has 1 aromatic rings. The van der Waals surface area contributed by atoms with Gasteiger partial charge in [-0.05, 0) is 18.2 Å². The lowest BCUT2D eigenvalue weighted by Gasteiger charge is -2.16. The number of benzene rings is 1. The molecule has 2 aliphatic heterocycles. The molecule has 82 valence electrons. The van der Waals surface area contributed by atoms with E-state index in [1.54, 1.807) is 6.07 Å². The molecule has 0 spiro atoms. The van der Waals surface area contributed by atoms with Crippen LogP contribution in [0, 0.1) is 11.6 Å². The average Bonchev–Trinajstić information content (AvgIpc) is 2.83. The Morgan fingerprint density at radius 1 is 1.25 bits per heavy atom. The number of aliphatic imine (C=N–C) groups is 1. The smallest absolute Gasteiger partial charge is 0.168 e. The lowest BCUT2D eigenvalue weighted by Crippen LogP contribution is -2.19. The van der Waals surface area contributed by atoms with Crippen LogP contribution in [0.15, 0.2) is 28.6 Å². The summed E-state index contributed by atoms with van der Waals surface area (Å²) in [6.07, 6.45) is 0. The van der Waals surface area contributed by atoms with E-state index in [2.05, 4.69) is 4.99 Å². The van der Waals surface area contributed by atoms with E-state index >= 15 is 0 Å². The molecule has 2 heterocycles. The van der Waals surface area contributed by atoms with Gasteiger partial charge in [-0.3, -0.25) is 4.99 Å². The maximum Gasteiger partial charge on any atom is 0.168 e. The molecule has 1 aromatic carbocycles. The number of rotatable bonds is 1. The van der Waals surface area contributed by atoms with Gasteiger partial charge in [0.1, 0.15) is 0 Å². The molecule has 16 heavy (non-hydrogen) atoms. The van der Waals surface area contributed by atoms with Crippen LogP contribution in [0.5, 0.6) is 0 Å². The van der Waals surface area contributed by atoms with Crippen molar-refractivity contribution in [3.05, 3.63) is 40.8 Å². The predicted octanol–water partition coefficient (Wildman–Crippen LogP) is 2.68. The number of fused-ring (bicyclic) bond motifs is 1. The van der Waals surface area contributed by atoms with Gasteiger partial charge in [-0.25, -0.2) is 8.78 Å². The van der Waals surface area contributed by atoms with Crippen LogP contribution in [0.2, 0.25) is 0 Å². The maximum atomic E-state index is 13.1. The minimum atomic E-state index is -0.815. The first-order valence-corrected chi connectivity index (χ1v) is 5.78. The highest BCUT2D eigenvalue weighted by Crippen LogP contribution is 2.35. The number of halogens is 2. The molecule has 3 rings (SSSR count). The highest BCUT2D eigenvalue weighted by molar-refractivity contribution is 8.16. The number of nitrogens with zero attached hydrogens (tertiary/aromatic N) is 2. The summed E-state index contributed by atoms with van der Waals surface area (Å²) in [5.74, 6) is -1.63. The zero-order valence-corrected chi connectivity index (χ0v) is 9.10. The molecule has 0 saturated heterocycles. The first kappa shape index (κ1) is 9.84. The van der Waals surface area contributed by atoms with Crippen LogP contribution in [0.1, 0.15) is 5.56 Å². The molecule has 0 fully saturated rings. The summed E-state index contributed by atoms with van der Waals surface area (Å²) in [6, 6.07) is 3.97. The fourth-order valence-electron chi connectivity index (χ4n) is 1.80. The Morgan fingerprint density at radius 2 is 2.12 bits per heavy atom. The second-order valence-corrected chi connectivity index (χ2v) is 4.40. The first-order chi connectivity index (χ1) is 7.75. The second-order valence-electron chi connectivity index (χ2n) is 3.57. The van der Waals surface area contributed by atoms with Gasteiger partial charge in [0.15, 0.2) is 16.8 Å². The highest BCUT2D eigenvalue weighted by atomic mass is 32.2. The van der Waals surface area contributed by atoms with Crippen LogP contribution in [-0.2, 0) is 0 Å². The maximum absolute atomic E-state index is 13.1. The van der Waals surface area contributed by atoms with E-state index < -0.39 is 11.6 Å². The van der Waals surface area contributed by atoms with Crippen LogP contribution in [0.25, 0.3) is 5.70 Å². The molecule has 0 unspecified atom stereocenters. The highest BCUT2D eigenvalue weighted by Gasteiger charge is 2.27. The van der Waals surface area contributed by atoms with Gasteiger partial charge < -0.3 is 4.90 Å². The van der Waals surface area contributed by atoms with Crippen LogP contribution in [0.3, 0.4) is 0 Å². The Bertz CT molecular complexity index is 511. The quantitative estimate of drug-likeness (QED) is 0.747. The van der Waals surface area contributed by atoms with E-state index in [0.29, 0.717) is 5.56 Å². The van der Waals surface area contributed by atoms with Gasteiger partial charge in [0, 0.05) is 17.5 Å². The molecule has 0 aliphatic carbocycles. The van der Waals surface area contributed by atoms with Crippen molar-refractivity contribution in [2.45, 2.75) is 0 Å². The molecule has 0 atom stereocenters. The summed E-state index contributed by atoms with van der Waals surface area (Å²) in [5.41, 5.74) is 1.60. The third-order valence-corrected chi connectivity index (χ3v) is 3.49. The third-order valence-electron chi connectivity index (χ3n) is 2.58. The Balaban J connectivity index is 1.99. The molecule has 2 nitrogen and oxygen atoms in total. The standard InChI is InChI=1S/C11H8F2N2S/c12-8-2-1-7(5-9(8)13)10-6-16-11-14-3-4-15(10)11/h1-2,5-6H,3-4H2.